The molecule has 0 aliphatic heterocycles. The number of hydrogen-bond donors (Lipinski definition) is 2. The van der Waals surface area contributed by atoms with Crippen LogP contribution in [0.3, 0.4) is 0 Å². The van der Waals surface area contributed by atoms with Crippen molar-refractivity contribution in [1.82, 2.24) is 19.5 Å². The third-order valence-corrected chi connectivity index (χ3v) is 4.11. The fourth-order valence-corrected chi connectivity index (χ4v) is 2.91. The van der Waals surface area contributed by atoms with Crippen LogP contribution in [0.1, 0.15) is 0 Å². The lowest BCUT2D eigenvalue weighted by Gasteiger charge is -2.10. The lowest BCUT2D eigenvalue weighted by Crippen LogP contribution is -2.29. The first-order chi connectivity index (χ1) is 9.86. The van der Waals surface area contributed by atoms with Crippen LogP contribution in [0.4, 0.5) is 0 Å². The van der Waals surface area contributed by atoms with Crippen molar-refractivity contribution in [1.29, 1.82) is 0 Å². The van der Waals surface area contributed by atoms with E-state index in [1.165, 1.54) is 29.2 Å². The van der Waals surface area contributed by atoms with Gasteiger partial charge in [0, 0.05) is 18.6 Å². The van der Waals surface area contributed by atoms with Gasteiger partial charge in [0.05, 0.1) is 27.9 Å². The Balaban J connectivity index is 2.47. The van der Waals surface area contributed by atoms with Gasteiger partial charge >= 0.3 is 11.1 Å². The number of imidazole rings is 1. The Morgan fingerprint density at radius 3 is 2.24 bits per heavy atom. The molecule has 21 heavy (non-hydrogen) atoms. The molecule has 2 N–H and O–H groups in total. The van der Waals surface area contributed by atoms with E-state index < -0.39 is 21.0 Å². The molecule has 3 aromatic rings. The highest BCUT2D eigenvalue weighted by Gasteiger charge is 2.17. The second kappa shape index (κ2) is 4.42. The van der Waals surface area contributed by atoms with Crippen molar-refractivity contribution in [2.24, 2.45) is 0 Å². The Bertz CT molecular complexity index is 1050. The van der Waals surface area contributed by atoms with Crippen LogP contribution in [-0.2, 0) is 9.84 Å². The summed E-state index contributed by atoms with van der Waals surface area (Å²) in [6.45, 7) is 0. The van der Waals surface area contributed by atoms with E-state index in [1.54, 1.807) is 6.20 Å². The molecule has 0 spiro atoms. The number of hydrogen-bond acceptors (Lipinski definition) is 5. The zero-order chi connectivity index (χ0) is 15.2. The summed E-state index contributed by atoms with van der Waals surface area (Å²) in [6.07, 6.45) is 5.60. The van der Waals surface area contributed by atoms with E-state index in [1.807, 2.05) is 0 Å². The second-order valence-corrected chi connectivity index (χ2v) is 6.50. The van der Waals surface area contributed by atoms with E-state index in [4.69, 9.17) is 0 Å². The second-order valence-electron chi connectivity index (χ2n) is 4.52. The van der Waals surface area contributed by atoms with Gasteiger partial charge < -0.3 is 14.5 Å². The lowest BCUT2D eigenvalue weighted by atomic mass is 10.2. The minimum Gasteiger partial charge on any atom is -0.316 e. The van der Waals surface area contributed by atoms with Gasteiger partial charge in [-0.3, -0.25) is 9.59 Å². The first-order valence-electron chi connectivity index (χ1n) is 5.85. The van der Waals surface area contributed by atoms with Crippen LogP contribution in [0.2, 0.25) is 0 Å². The predicted molar refractivity (Wildman–Crippen MR) is 75.4 cm³/mol. The number of aromatic nitrogens is 4. The minimum atomic E-state index is -3.54. The van der Waals surface area contributed by atoms with Crippen LogP contribution in [0.25, 0.3) is 16.7 Å². The number of nitrogens with zero attached hydrogens (tertiary/aromatic N) is 2. The predicted octanol–water partition coefficient (Wildman–Crippen LogP) is -0.194. The van der Waals surface area contributed by atoms with Crippen LogP contribution >= 0.6 is 0 Å². The number of sulfone groups is 1. The molecule has 0 bridgehead atoms. The topological polar surface area (TPSA) is 118 Å². The number of fused-ring (bicyclic) bond motifs is 1. The Morgan fingerprint density at radius 2 is 1.71 bits per heavy atom. The van der Waals surface area contributed by atoms with Crippen molar-refractivity contribution < 1.29 is 8.42 Å². The van der Waals surface area contributed by atoms with Gasteiger partial charge in [-0.25, -0.2) is 13.4 Å². The van der Waals surface area contributed by atoms with Gasteiger partial charge in [-0.2, -0.15) is 0 Å². The molecule has 0 radical (unpaired) electrons. The molecule has 1 aromatic carbocycles. The van der Waals surface area contributed by atoms with Gasteiger partial charge in [0.15, 0.2) is 9.84 Å². The molecule has 0 amide bonds. The summed E-state index contributed by atoms with van der Waals surface area (Å²) in [6, 6.07) is 2.79. The molecule has 0 aliphatic carbocycles. The normalized spacial score (nSPS) is 11.9. The summed E-state index contributed by atoms with van der Waals surface area (Å²) in [7, 11) is -3.54. The summed E-state index contributed by atoms with van der Waals surface area (Å²) in [5.41, 5.74) is -0.728. The maximum absolute atomic E-state index is 11.9. The van der Waals surface area contributed by atoms with Gasteiger partial charge in [-0.15, -0.1) is 0 Å². The molecule has 0 unspecified atom stereocenters. The zero-order valence-electron chi connectivity index (χ0n) is 10.8. The fourth-order valence-electron chi connectivity index (χ4n) is 2.03. The molecule has 0 saturated heterocycles. The van der Waals surface area contributed by atoms with E-state index in [0.29, 0.717) is 11.2 Å². The van der Waals surface area contributed by atoms with Crippen molar-refractivity contribution in [3.05, 3.63) is 51.6 Å². The van der Waals surface area contributed by atoms with Crippen molar-refractivity contribution in [2.45, 2.75) is 4.90 Å². The molecule has 0 aliphatic rings. The smallest absolute Gasteiger partial charge is 0.314 e. The van der Waals surface area contributed by atoms with Gasteiger partial charge in [-0.05, 0) is 12.1 Å². The number of nitrogens with one attached hydrogen (secondary N) is 2. The molecule has 2 aromatic heterocycles. The molecule has 2 heterocycles. The highest BCUT2D eigenvalue weighted by molar-refractivity contribution is 7.90. The number of rotatable bonds is 2. The Kier molecular flexibility index (Phi) is 2.80. The van der Waals surface area contributed by atoms with Gasteiger partial charge in [0.25, 0.3) is 0 Å². The summed E-state index contributed by atoms with van der Waals surface area (Å²) >= 11 is 0. The number of H-pyrrole nitrogens is 2. The summed E-state index contributed by atoms with van der Waals surface area (Å²) in [4.78, 5) is 31.4. The summed E-state index contributed by atoms with van der Waals surface area (Å²) in [5, 5.41) is 0. The standard InChI is InChI=1S/C12H10N4O4S/c1-21(19,20)10-5-8-7(14-11(17)12(18)15-8)4-9(10)16-3-2-13-6-16/h2-6H,1H3,(H,14,17)(H,15,18). The maximum atomic E-state index is 11.9. The molecule has 3 rings (SSSR count). The Hall–Kier alpha value is -2.68. The minimum absolute atomic E-state index is 0.0238. The average molecular weight is 306 g/mol. The van der Waals surface area contributed by atoms with Crippen LogP contribution in [0.15, 0.2) is 45.3 Å². The monoisotopic (exact) mass is 306 g/mol. The Labute approximate surface area is 118 Å². The maximum Gasteiger partial charge on any atom is 0.314 e. The van der Waals surface area contributed by atoms with Gasteiger partial charge in [-0.1, -0.05) is 0 Å². The van der Waals surface area contributed by atoms with Crippen LogP contribution in [0, 0.1) is 0 Å². The van der Waals surface area contributed by atoms with Crippen molar-refractivity contribution in [3.63, 3.8) is 0 Å². The van der Waals surface area contributed by atoms with Gasteiger partial charge in [0.1, 0.15) is 0 Å². The fraction of sp³-hybridized carbons (Fsp3) is 0.0833. The molecule has 0 fully saturated rings. The molecule has 108 valence electrons. The van der Waals surface area contributed by atoms with Crippen LogP contribution in [0.5, 0.6) is 0 Å². The van der Waals surface area contributed by atoms with E-state index in [0.717, 1.165) is 6.26 Å². The van der Waals surface area contributed by atoms with Crippen molar-refractivity contribution >= 4 is 20.9 Å². The largest absolute Gasteiger partial charge is 0.316 e. The average Bonchev–Trinajstić information content (AvgIpc) is 2.91. The SMILES string of the molecule is CS(=O)(=O)c1cc2[nH]c(=O)c(=O)[nH]c2cc1-n1ccnc1. The molecule has 0 atom stereocenters. The number of aromatic amines is 2. The third kappa shape index (κ3) is 2.27. The molecular formula is C12H10N4O4S. The summed E-state index contributed by atoms with van der Waals surface area (Å²) in [5.74, 6) is 0. The zero-order valence-corrected chi connectivity index (χ0v) is 11.6. The van der Waals surface area contributed by atoms with Gasteiger partial charge in [0.2, 0.25) is 0 Å². The Morgan fingerprint density at radius 1 is 1.10 bits per heavy atom. The molecule has 8 nitrogen and oxygen atoms in total. The highest BCUT2D eigenvalue weighted by Crippen LogP contribution is 2.23. The highest BCUT2D eigenvalue weighted by atomic mass is 32.2. The quantitative estimate of drug-likeness (QED) is 0.636. The molecular weight excluding hydrogens is 296 g/mol. The third-order valence-electron chi connectivity index (χ3n) is 2.98. The lowest BCUT2D eigenvalue weighted by molar-refractivity contribution is 0.601. The van der Waals surface area contributed by atoms with Crippen molar-refractivity contribution in [2.75, 3.05) is 6.26 Å². The first-order valence-corrected chi connectivity index (χ1v) is 7.74. The van der Waals surface area contributed by atoms with E-state index in [2.05, 4.69) is 15.0 Å². The van der Waals surface area contributed by atoms with Crippen molar-refractivity contribution in [3.8, 4) is 5.69 Å². The van der Waals surface area contributed by atoms with E-state index in [-0.39, 0.29) is 10.4 Å². The molecule has 0 saturated carbocycles. The first kappa shape index (κ1) is 13.3. The number of benzene rings is 1. The van der Waals surface area contributed by atoms with E-state index in [9.17, 15) is 18.0 Å². The van der Waals surface area contributed by atoms with E-state index >= 15 is 0 Å². The summed E-state index contributed by atoms with van der Waals surface area (Å²) < 4.78 is 25.4. The van der Waals surface area contributed by atoms with Crippen LogP contribution < -0.4 is 11.1 Å². The van der Waals surface area contributed by atoms with Crippen LogP contribution in [-0.4, -0.2) is 34.2 Å². The molecule has 9 heteroatoms.